The quantitative estimate of drug-likeness (QED) is 0.0203. The van der Waals surface area contributed by atoms with Crippen molar-refractivity contribution in [2.45, 2.75) is 149 Å². The number of phosphoric ester groups is 1. The molecule has 0 amide bonds. The van der Waals surface area contributed by atoms with Crippen molar-refractivity contribution in [3.05, 3.63) is 72.9 Å². The van der Waals surface area contributed by atoms with E-state index in [-0.39, 0.29) is 19.4 Å². The molecule has 0 aliphatic heterocycles. The van der Waals surface area contributed by atoms with Crippen LogP contribution in [0, 0.1) is 5.92 Å². The molecular weight excluding hydrogens is 655 g/mol. The number of rotatable bonds is 32. The number of unbranched alkanes of at least 4 members (excludes halogenated alkanes) is 8. The molecule has 0 saturated carbocycles. The van der Waals surface area contributed by atoms with Crippen LogP contribution in [0.4, 0.5) is 0 Å². The van der Waals surface area contributed by atoms with E-state index in [4.69, 9.17) is 19.3 Å². The number of carbonyl (C=O) groups excluding carboxylic acids is 2. The van der Waals surface area contributed by atoms with E-state index in [1.54, 1.807) is 6.08 Å². The van der Waals surface area contributed by atoms with Crippen molar-refractivity contribution < 1.29 is 43.0 Å². The molecular formula is C40H67O9P. The van der Waals surface area contributed by atoms with Crippen molar-refractivity contribution >= 4 is 19.8 Å². The minimum atomic E-state index is -4.78. The number of aliphatic hydroxyl groups is 1. The van der Waals surface area contributed by atoms with Gasteiger partial charge in [-0.25, -0.2) is 4.57 Å². The highest BCUT2D eigenvalue weighted by molar-refractivity contribution is 7.46. The van der Waals surface area contributed by atoms with E-state index in [2.05, 4.69) is 43.5 Å². The standard InChI is InChI=1S/C40H67O9P/c1-4-5-6-7-20-25-30-37(41)31-26-21-16-12-8-9-13-18-23-28-33-40(43)49-38(35-48-50(44,45)46)34-47-39(42)32-27-22-17-14-10-11-15-19-24-29-36(2)3/h5-6,8-9,16,18,20-21,23,25-26,31,36-38,41H,4,7,10-15,17,19,22,24,27-30,32-35H2,1-3H3,(H2,44,45,46)/b6-5-,9-8-,21-16-,23-18-,25-20-,31-26+/t37?,38-/m1/s1. The molecule has 0 fully saturated rings. The molecule has 50 heavy (non-hydrogen) atoms. The Bertz CT molecular complexity index is 1070. The summed E-state index contributed by atoms with van der Waals surface area (Å²) in [7, 11) is -4.78. The lowest BCUT2D eigenvalue weighted by Gasteiger charge is -2.18. The minimum absolute atomic E-state index is 0.0607. The van der Waals surface area contributed by atoms with Gasteiger partial charge in [-0.2, -0.15) is 0 Å². The normalized spacial score (nSPS) is 14.1. The summed E-state index contributed by atoms with van der Waals surface area (Å²) in [5.74, 6) is -0.242. The lowest BCUT2D eigenvalue weighted by molar-refractivity contribution is -0.161. The number of hydrogen-bond donors (Lipinski definition) is 3. The van der Waals surface area contributed by atoms with Gasteiger partial charge in [-0.05, 0) is 50.9 Å². The Balaban J connectivity index is 4.20. The predicted octanol–water partition coefficient (Wildman–Crippen LogP) is 9.95. The highest BCUT2D eigenvalue weighted by Crippen LogP contribution is 2.35. The molecule has 1 unspecified atom stereocenters. The zero-order valence-corrected chi connectivity index (χ0v) is 31.9. The third-order valence-corrected chi connectivity index (χ3v) is 8.00. The fraction of sp³-hybridized carbons (Fsp3) is 0.650. The largest absolute Gasteiger partial charge is 0.469 e. The average molecular weight is 723 g/mol. The van der Waals surface area contributed by atoms with Gasteiger partial charge in [0.2, 0.25) is 0 Å². The Morgan fingerprint density at radius 1 is 0.680 bits per heavy atom. The summed E-state index contributed by atoms with van der Waals surface area (Å²) in [5, 5.41) is 9.96. The maximum Gasteiger partial charge on any atom is 0.469 e. The monoisotopic (exact) mass is 722 g/mol. The van der Waals surface area contributed by atoms with Gasteiger partial charge in [0.25, 0.3) is 0 Å². The number of allylic oxidation sites excluding steroid dienone is 10. The Morgan fingerprint density at radius 3 is 1.90 bits per heavy atom. The topological polar surface area (TPSA) is 140 Å². The van der Waals surface area contributed by atoms with E-state index in [9.17, 15) is 19.3 Å². The minimum Gasteiger partial charge on any atom is -0.462 e. The molecule has 286 valence electrons. The van der Waals surface area contributed by atoms with Crippen LogP contribution in [0.3, 0.4) is 0 Å². The first-order chi connectivity index (χ1) is 24.0. The summed E-state index contributed by atoms with van der Waals surface area (Å²) in [6.07, 6.45) is 38.2. The first kappa shape index (κ1) is 47.4. The Hall–Kier alpha value is -2.55. The maximum atomic E-state index is 12.3. The molecule has 9 nitrogen and oxygen atoms in total. The number of ether oxygens (including phenoxy) is 2. The van der Waals surface area contributed by atoms with Crippen LogP contribution in [0.2, 0.25) is 0 Å². The third kappa shape index (κ3) is 36.7. The number of hydrogen-bond acceptors (Lipinski definition) is 7. The Morgan fingerprint density at radius 2 is 1.26 bits per heavy atom. The van der Waals surface area contributed by atoms with Crippen molar-refractivity contribution in [1.82, 2.24) is 0 Å². The second-order valence-electron chi connectivity index (χ2n) is 12.9. The van der Waals surface area contributed by atoms with Gasteiger partial charge in [-0.15, -0.1) is 0 Å². The zero-order valence-electron chi connectivity index (χ0n) is 31.0. The average Bonchev–Trinajstić information content (AvgIpc) is 3.06. The van der Waals surface area contributed by atoms with Crippen LogP contribution in [0.1, 0.15) is 136 Å². The first-order valence-electron chi connectivity index (χ1n) is 18.7. The highest BCUT2D eigenvalue weighted by Gasteiger charge is 2.22. The van der Waals surface area contributed by atoms with E-state index < -0.39 is 38.6 Å². The number of phosphoric acid groups is 1. The fourth-order valence-electron chi connectivity index (χ4n) is 4.72. The van der Waals surface area contributed by atoms with E-state index in [1.165, 1.54) is 38.5 Å². The van der Waals surface area contributed by atoms with Crippen LogP contribution in [0.5, 0.6) is 0 Å². The van der Waals surface area contributed by atoms with Crippen LogP contribution in [-0.4, -0.2) is 52.3 Å². The second kappa shape index (κ2) is 33.6. The van der Waals surface area contributed by atoms with Gasteiger partial charge >= 0.3 is 19.8 Å². The Labute approximate surface area is 302 Å². The van der Waals surface area contributed by atoms with Gasteiger partial charge in [0.15, 0.2) is 6.10 Å². The van der Waals surface area contributed by atoms with E-state index in [1.807, 2.05) is 48.6 Å². The van der Waals surface area contributed by atoms with Crippen LogP contribution in [0.15, 0.2) is 72.9 Å². The number of carbonyl (C=O) groups is 2. The predicted molar refractivity (Wildman–Crippen MR) is 203 cm³/mol. The zero-order chi connectivity index (χ0) is 37.1. The van der Waals surface area contributed by atoms with Crippen molar-refractivity contribution in [3.8, 4) is 0 Å². The fourth-order valence-corrected chi connectivity index (χ4v) is 5.09. The molecule has 0 spiro atoms. The van der Waals surface area contributed by atoms with Crippen molar-refractivity contribution in [1.29, 1.82) is 0 Å². The molecule has 0 aromatic rings. The molecule has 0 radical (unpaired) electrons. The molecule has 0 aliphatic rings. The lowest BCUT2D eigenvalue weighted by atomic mass is 10.0. The van der Waals surface area contributed by atoms with Crippen molar-refractivity contribution in [2.24, 2.45) is 5.92 Å². The smallest absolute Gasteiger partial charge is 0.462 e. The molecule has 0 saturated heterocycles. The molecule has 0 aromatic carbocycles. The van der Waals surface area contributed by atoms with E-state index in [0.717, 1.165) is 44.4 Å². The Kier molecular flexibility index (Phi) is 31.9. The van der Waals surface area contributed by atoms with Gasteiger partial charge in [0.05, 0.1) is 12.7 Å². The SMILES string of the molecule is CC/C=C\C/C=C\CC(O)/C=C/C=C\C/C=C\C/C=C\CCC(=O)O[C@H](COC(=O)CCCCCCCCCCCC(C)C)COP(=O)(O)O. The summed E-state index contributed by atoms with van der Waals surface area (Å²) in [4.78, 5) is 42.6. The van der Waals surface area contributed by atoms with Crippen LogP contribution in [0.25, 0.3) is 0 Å². The number of esters is 2. The van der Waals surface area contributed by atoms with Gasteiger partial charge in [0.1, 0.15) is 6.61 Å². The summed E-state index contributed by atoms with van der Waals surface area (Å²) >= 11 is 0. The van der Waals surface area contributed by atoms with Crippen LogP contribution in [-0.2, 0) is 28.2 Å². The van der Waals surface area contributed by atoms with E-state index in [0.29, 0.717) is 25.7 Å². The molecule has 0 aliphatic carbocycles. The summed E-state index contributed by atoms with van der Waals surface area (Å²) in [6, 6.07) is 0. The van der Waals surface area contributed by atoms with Crippen molar-refractivity contribution in [2.75, 3.05) is 13.2 Å². The van der Waals surface area contributed by atoms with Crippen LogP contribution < -0.4 is 0 Å². The second-order valence-corrected chi connectivity index (χ2v) is 14.1. The lowest BCUT2D eigenvalue weighted by Crippen LogP contribution is -2.29. The molecule has 3 N–H and O–H groups in total. The van der Waals surface area contributed by atoms with Crippen molar-refractivity contribution in [3.63, 3.8) is 0 Å². The molecule has 0 bridgehead atoms. The van der Waals surface area contributed by atoms with Gasteiger partial charge in [-0.1, -0.05) is 151 Å². The van der Waals surface area contributed by atoms with Crippen LogP contribution >= 0.6 is 7.82 Å². The molecule has 2 atom stereocenters. The third-order valence-electron chi connectivity index (χ3n) is 7.51. The maximum absolute atomic E-state index is 12.3. The summed E-state index contributed by atoms with van der Waals surface area (Å²) < 4.78 is 26.2. The van der Waals surface area contributed by atoms with Gasteiger partial charge < -0.3 is 24.4 Å². The summed E-state index contributed by atoms with van der Waals surface area (Å²) in [5.41, 5.74) is 0. The number of aliphatic hydroxyl groups excluding tert-OH is 1. The summed E-state index contributed by atoms with van der Waals surface area (Å²) in [6.45, 7) is 5.71. The van der Waals surface area contributed by atoms with E-state index >= 15 is 0 Å². The first-order valence-corrected chi connectivity index (χ1v) is 20.2. The molecule has 0 rings (SSSR count). The molecule has 0 heterocycles. The van der Waals surface area contributed by atoms with Gasteiger partial charge in [-0.3, -0.25) is 14.1 Å². The van der Waals surface area contributed by atoms with Gasteiger partial charge in [0, 0.05) is 12.8 Å². The molecule has 0 aromatic heterocycles. The highest BCUT2D eigenvalue weighted by atomic mass is 31.2. The molecule has 10 heteroatoms.